The Labute approximate surface area is 156 Å². The standard InChI is InChI=1S/C19H32N6O/c1-14(2)24-9-10-25-17(13-24)19(26)22(4)16-11-15(12-20-18(16)25)23-7-5-21(3)6-8-23/h11-12,14,17,19,26H,5-10,13H2,1-4H3. The van der Waals surface area contributed by atoms with E-state index in [2.05, 4.69) is 46.6 Å². The first-order chi connectivity index (χ1) is 12.5. The molecule has 0 aliphatic carbocycles. The van der Waals surface area contributed by atoms with Crippen molar-refractivity contribution in [2.75, 3.05) is 74.6 Å². The molecule has 26 heavy (non-hydrogen) atoms. The van der Waals surface area contributed by atoms with Crippen molar-refractivity contribution in [3.8, 4) is 0 Å². The summed E-state index contributed by atoms with van der Waals surface area (Å²) in [5.74, 6) is 1.02. The van der Waals surface area contributed by atoms with Gasteiger partial charge in [0.15, 0.2) is 5.82 Å². The average Bonchev–Trinajstić information content (AvgIpc) is 2.66. The third-order valence-electron chi connectivity index (χ3n) is 6.27. The lowest BCUT2D eigenvalue weighted by atomic mass is 10.0. The zero-order valence-electron chi connectivity index (χ0n) is 16.5. The van der Waals surface area contributed by atoms with Gasteiger partial charge in [0.2, 0.25) is 0 Å². The van der Waals surface area contributed by atoms with Crippen molar-refractivity contribution in [1.29, 1.82) is 0 Å². The minimum Gasteiger partial charge on any atom is -0.371 e. The molecule has 4 heterocycles. The van der Waals surface area contributed by atoms with Crippen LogP contribution in [0.15, 0.2) is 12.3 Å². The Bertz CT molecular complexity index is 645. The van der Waals surface area contributed by atoms with E-state index in [1.807, 2.05) is 18.1 Å². The highest BCUT2D eigenvalue weighted by atomic mass is 16.3. The van der Waals surface area contributed by atoms with Crippen LogP contribution in [0.3, 0.4) is 0 Å². The summed E-state index contributed by atoms with van der Waals surface area (Å²) < 4.78 is 0. The van der Waals surface area contributed by atoms with Gasteiger partial charge < -0.3 is 24.7 Å². The molecule has 1 N–H and O–H groups in total. The number of aliphatic hydroxyl groups excluding tert-OH is 1. The normalized spacial score (nSPS) is 27.7. The van der Waals surface area contributed by atoms with E-state index in [1.54, 1.807) is 0 Å². The van der Waals surface area contributed by atoms with E-state index in [4.69, 9.17) is 4.98 Å². The second-order valence-electron chi connectivity index (χ2n) is 8.20. The van der Waals surface area contributed by atoms with Crippen molar-refractivity contribution in [3.05, 3.63) is 12.3 Å². The Hall–Kier alpha value is -1.57. The van der Waals surface area contributed by atoms with Crippen molar-refractivity contribution < 1.29 is 5.11 Å². The second-order valence-corrected chi connectivity index (χ2v) is 8.20. The summed E-state index contributed by atoms with van der Waals surface area (Å²) in [6.45, 7) is 11.5. The Kier molecular flexibility index (Phi) is 4.71. The van der Waals surface area contributed by atoms with Crippen LogP contribution in [-0.4, -0.2) is 98.1 Å². The fourth-order valence-corrected chi connectivity index (χ4v) is 4.37. The molecule has 1 aromatic heterocycles. The molecule has 0 amide bonds. The van der Waals surface area contributed by atoms with E-state index >= 15 is 0 Å². The van der Waals surface area contributed by atoms with Gasteiger partial charge in [0.05, 0.1) is 23.6 Å². The summed E-state index contributed by atoms with van der Waals surface area (Å²) in [6.07, 6.45) is 1.51. The third kappa shape index (κ3) is 3.02. The minimum absolute atomic E-state index is 0.0747. The maximum Gasteiger partial charge on any atom is 0.152 e. The lowest BCUT2D eigenvalue weighted by Crippen LogP contribution is -2.65. The Morgan fingerprint density at radius 1 is 1.08 bits per heavy atom. The fraction of sp³-hybridized carbons (Fsp3) is 0.737. The molecule has 2 unspecified atom stereocenters. The number of nitrogens with zero attached hydrogens (tertiary/aromatic N) is 6. The van der Waals surface area contributed by atoms with Crippen molar-refractivity contribution in [2.45, 2.75) is 32.2 Å². The Morgan fingerprint density at radius 3 is 2.50 bits per heavy atom. The molecule has 3 aliphatic rings. The monoisotopic (exact) mass is 360 g/mol. The van der Waals surface area contributed by atoms with E-state index in [-0.39, 0.29) is 6.04 Å². The van der Waals surface area contributed by atoms with E-state index in [0.29, 0.717) is 6.04 Å². The van der Waals surface area contributed by atoms with Crippen LogP contribution in [0.5, 0.6) is 0 Å². The van der Waals surface area contributed by atoms with Gasteiger partial charge in [-0.2, -0.15) is 0 Å². The molecule has 144 valence electrons. The van der Waals surface area contributed by atoms with Gasteiger partial charge in [-0.25, -0.2) is 4.98 Å². The zero-order valence-corrected chi connectivity index (χ0v) is 16.5. The number of fused-ring (bicyclic) bond motifs is 3. The van der Waals surface area contributed by atoms with Crippen LogP contribution in [0.25, 0.3) is 0 Å². The number of anilines is 3. The van der Waals surface area contributed by atoms with Crippen LogP contribution < -0.4 is 14.7 Å². The van der Waals surface area contributed by atoms with E-state index < -0.39 is 6.23 Å². The molecule has 7 heteroatoms. The van der Waals surface area contributed by atoms with Gasteiger partial charge in [-0.1, -0.05) is 0 Å². The molecular formula is C19H32N6O. The molecular weight excluding hydrogens is 328 g/mol. The summed E-state index contributed by atoms with van der Waals surface area (Å²) in [7, 11) is 4.16. The molecule has 2 saturated heterocycles. The smallest absolute Gasteiger partial charge is 0.152 e. The van der Waals surface area contributed by atoms with E-state index in [1.165, 1.54) is 0 Å². The number of aliphatic hydroxyl groups is 1. The van der Waals surface area contributed by atoms with Crippen LogP contribution >= 0.6 is 0 Å². The molecule has 0 saturated carbocycles. The van der Waals surface area contributed by atoms with Gasteiger partial charge in [-0.3, -0.25) is 4.90 Å². The molecule has 0 bridgehead atoms. The fourth-order valence-electron chi connectivity index (χ4n) is 4.37. The molecule has 2 fully saturated rings. The molecule has 7 nitrogen and oxygen atoms in total. The molecule has 0 aromatic carbocycles. The van der Waals surface area contributed by atoms with Gasteiger partial charge in [-0.15, -0.1) is 0 Å². The largest absolute Gasteiger partial charge is 0.371 e. The zero-order chi connectivity index (χ0) is 18.4. The predicted molar refractivity (Wildman–Crippen MR) is 106 cm³/mol. The van der Waals surface area contributed by atoms with Crippen LogP contribution in [0.2, 0.25) is 0 Å². The first-order valence-corrected chi connectivity index (χ1v) is 9.81. The minimum atomic E-state index is -0.506. The number of piperazine rings is 2. The Balaban J connectivity index is 1.61. The molecule has 1 aromatic rings. The van der Waals surface area contributed by atoms with E-state index in [9.17, 15) is 5.11 Å². The van der Waals surface area contributed by atoms with Gasteiger partial charge in [0.1, 0.15) is 6.23 Å². The van der Waals surface area contributed by atoms with E-state index in [0.717, 1.165) is 63.0 Å². The van der Waals surface area contributed by atoms with Crippen LogP contribution in [0.1, 0.15) is 13.8 Å². The highest BCUT2D eigenvalue weighted by Gasteiger charge is 2.41. The summed E-state index contributed by atoms with van der Waals surface area (Å²) in [6, 6.07) is 2.79. The molecule has 3 aliphatic heterocycles. The summed E-state index contributed by atoms with van der Waals surface area (Å²) in [4.78, 5) is 16.4. The molecule has 2 atom stereocenters. The number of hydrogen-bond donors (Lipinski definition) is 1. The number of aromatic nitrogens is 1. The van der Waals surface area contributed by atoms with Gasteiger partial charge >= 0.3 is 0 Å². The summed E-state index contributed by atoms with van der Waals surface area (Å²) in [5, 5.41) is 11.0. The second kappa shape index (κ2) is 6.87. The number of pyridine rings is 1. The van der Waals surface area contributed by atoms with Gasteiger partial charge in [0, 0.05) is 58.9 Å². The lowest BCUT2D eigenvalue weighted by molar-refractivity contribution is 0.0806. The first kappa shape index (κ1) is 17.8. The van der Waals surface area contributed by atoms with Crippen molar-refractivity contribution >= 4 is 17.2 Å². The SMILES string of the molecule is CC(C)N1CCN2c3ncc(N4CCN(C)CC4)cc3N(C)C(O)C2C1. The number of hydrogen-bond acceptors (Lipinski definition) is 7. The summed E-state index contributed by atoms with van der Waals surface area (Å²) >= 11 is 0. The van der Waals surface area contributed by atoms with Crippen LogP contribution in [0, 0.1) is 0 Å². The molecule has 4 rings (SSSR count). The maximum absolute atomic E-state index is 11.0. The topological polar surface area (TPSA) is 49.3 Å². The van der Waals surface area contributed by atoms with Gasteiger partial charge in [-0.05, 0) is 27.0 Å². The maximum atomic E-state index is 11.0. The quantitative estimate of drug-likeness (QED) is 0.824. The van der Waals surface area contributed by atoms with Crippen LogP contribution in [0.4, 0.5) is 17.2 Å². The lowest BCUT2D eigenvalue weighted by Gasteiger charge is -2.51. The third-order valence-corrected chi connectivity index (χ3v) is 6.27. The van der Waals surface area contributed by atoms with Crippen molar-refractivity contribution in [2.24, 2.45) is 0 Å². The average molecular weight is 361 g/mol. The number of rotatable bonds is 2. The van der Waals surface area contributed by atoms with Crippen molar-refractivity contribution in [1.82, 2.24) is 14.8 Å². The number of likely N-dealkylation sites (N-methyl/N-ethyl adjacent to an activating group) is 2. The highest BCUT2D eigenvalue weighted by molar-refractivity contribution is 5.75. The highest BCUT2D eigenvalue weighted by Crippen LogP contribution is 2.39. The summed E-state index contributed by atoms with van der Waals surface area (Å²) in [5.41, 5.74) is 2.21. The predicted octanol–water partition coefficient (Wildman–Crippen LogP) is 0.501. The first-order valence-electron chi connectivity index (χ1n) is 9.81. The molecule has 0 spiro atoms. The van der Waals surface area contributed by atoms with Crippen molar-refractivity contribution in [3.63, 3.8) is 0 Å². The Morgan fingerprint density at radius 2 is 1.81 bits per heavy atom. The molecule has 0 radical (unpaired) electrons. The van der Waals surface area contributed by atoms with Crippen LogP contribution in [-0.2, 0) is 0 Å². The van der Waals surface area contributed by atoms with Gasteiger partial charge in [0.25, 0.3) is 0 Å².